The maximum atomic E-state index is 11.1. The highest BCUT2D eigenvalue weighted by Crippen LogP contribution is 2.33. The predicted molar refractivity (Wildman–Crippen MR) is 140 cm³/mol. The molecule has 2 fully saturated rings. The van der Waals surface area contributed by atoms with E-state index in [9.17, 15) is 19.7 Å². The molecule has 0 aliphatic carbocycles. The Morgan fingerprint density at radius 1 is 1.16 bits per heavy atom. The molecule has 15 heteroatoms. The molecule has 2 aromatic carbocycles. The van der Waals surface area contributed by atoms with E-state index in [0.717, 1.165) is 25.0 Å². The van der Waals surface area contributed by atoms with E-state index in [4.69, 9.17) is 20.7 Å². The highest BCUT2D eigenvalue weighted by molar-refractivity contribution is 8.00. The Balaban J connectivity index is 0.000000204. The van der Waals surface area contributed by atoms with Crippen LogP contribution < -0.4 is 16.1 Å². The van der Waals surface area contributed by atoms with E-state index in [1.54, 1.807) is 30.3 Å². The number of hydrogen-bond donors (Lipinski definition) is 5. The van der Waals surface area contributed by atoms with Crippen LogP contribution in [0, 0.1) is 10.1 Å². The number of nitro groups is 1. The number of para-hydroxylation sites is 1. The number of nitrogens with one attached hydrogen (secondary N) is 2. The van der Waals surface area contributed by atoms with Crippen molar-refractivity contribution in [1.82, 2.24) is 10.6 Å². The number of carboxylic acid groups (broad SMARTS) is 1. The normalized spacial score (nSPS) is 18.9. The van der Waals surface area contributed by atoms with Gasteiger partial charge in [-0.05, 0) is 29.9 Å². The minimum atomic E-state index is -1.34. The molecule has 2 aliphatic heterocycles. The van der Waals surface area contributed by atoms with Crippen molar-refractivity contribution in [1.29, 1.82) is 0 Å². The number of unbranched alkanes of at least 4 members (excludes halogenated alkanes) is 1. The van der Waals surface area contributed by atoms with E-state index in [-0.39, 0.29) is 35.9 Å². The van der Waals surface area contributed by atoms with Gasteiger partial charge in [0.25, 0.3) is 5.69 Å². The number of carbonyl (C=O) groups excluding carboxylic acids is 1. The minimum absolute atomic E-state index is 0.0324. The number of fused-ring (bicyclic) bond motifs is 1. The van der Waals surface area contributed by atoms with E-state index in [1.165, 1.54) is 18.2 Å². The number of urea groups is 1. The molecular weight excluding hydrogens is 503 g/mol. The van der Waals surface area contributed by atoms with Crippen molar-refractivity contribution in [2.24, 2.45) is 5.11 Å². The second-order valence-corrected chi connectivity index (χ2v) is 9.25. The van der Waals surface area contributed by atoms with Crippen molar-refractivity contribution in [3.05, 3.63) is 75.2 Å². The van der Waals surface area contributed by atoms with E-state index in [0.29, 0.717) is 10.7 Å². The Kier molecular flexibility index (Phi) is 12.2. The van der Waals surface area contributed by atoms with Gasteiger partial charge in [-0.3, -0.25) is 14.9 Å². The van der Waals surface area contributed by atoms with Crippen LogP contribution in [-0.4, -0.2) is 62.3 Å². The number of azide groups is 1. The van der Waals surface area contributed by atoms with Crippen molar-refractivity contribution in [3.63, 3.8) is 0 Å². The number of nitro benzene ring substituents is 1. The molecule has 196 valence electrons. The molecule has 4 rings (SSSR count). The van der Waals surface area contributed by atoms with Crippen molar-refractivity contribution in [2.45, 2.75) is 43.0 Å². The van der Waals surface area contributed by atoms with Crippen molar-refractivity contribution in [2.75, 3.05) is 5.75 Å². The molecule has 5 N–H and O–H groups in total. The van der Waals surface area contributed by atoms with Crippen molar-refractivity contribution in [3.8, 4) is 0 Å². The largest absolute Gasteiger partial charge is 0.488 e. The SMILES string of the molecule is O=C(O)CCCC[C@@H]1SC[C@@H]2NC(=O)N[C@@H]21.OB(O)c1ccccc1.[N-]=[N+]=Nc1ccccc1[N+](=O)[O-]. The predicted octanol–water partition coefficient (Wildman–Crippen LogP) is 2.70. The smallest absolute Gasteiger partial charge is 0.481 e. The molecule has 2 aromatic rings. The average Bonchev–Trinajstić information content (AvgIpc) is 3.43. The summed E-state index contributed by atoms with van der Waals surface area (Å²) in [4.78, 5) is 33.7. The number of amides is 2. The third-order valence-electron chi connectivity index (χ3n) is 5.40. The first-order valence-corrected chi connectivity index (χ1v) is 12.4. The number of benzene rings is 2. The Morgan fingerprint density at radius 3 is 2.43 bits per heavy atom. The van der Waals surface area contributed by atoms with Crippen molar-refractivity contribution >= 4 is 47.7 Å². The number of carboxylic acids is 1. The molecule has 37 heavy (non-hydrogen) atoms. The lowest BCUT2D eigenvalue weighted by Gasteiger charge is -2.16. The monoisotopic (exact) mass is 530 g/mol. The van der Waals surface area contributed by atoms with Gasteiger partial charge < -0.3 is 25.8 Å². The summed E-state index contributed by atoms with van der Waals surface area (Å²) in [5, 5.41) is 45.4. The summed E-state index contributed by atoms with van der Waals surface area (Å²) in [7, 11) is -1.34. The number of carbonyl (C=O) groups is 2. The summed E-state index contributed by atoms with van der Waals surface area (Å²) in [6, 6.07) is 14.8. The molecule has 13 nitrogen and oxygen atoms in total. The molecule has 3 atom stereocenters. The van der Waals surface area contributed by atoms with Gasteiger partial charge in [-0.15, -0.1) is 0 Å². The van der Waals surface area contributed by atoms with Crippen molar-refractivity contribution < 1.29 is 29.7 Å². The standard InChI is InChI=1S/C10H16N2O3S.C6H7BO2.C6H4N4O2/c13-8(14)4-2-1-3-7-9-6(5-16-7)11-10(15)12-9;8-7(9)6-4-2-1-3-5-6;7-9-8-5-3-1-2-4-6(5)10(11)12/h6-7,9H,1-5H2,(H,13,14)(H2,11,12,15);1-5,8-9H;1-4H/t6-,7-,9-;;/m0../s1. The molecule has 0 bridgehead atoms. The lowest BCUT2D eigenvalue weighted by molar-refractivity contribution is -0.384. The maximum Gasteiger partial charge on any atom is 0.488 e. The second kappa shape index (κ2) is 15.4. The fourth-order valence-corrected chi connectivity index (χ4v) is 5.18. The van der Waals surface area contributed by atoms with Gasteiger partial charge in [-0.1, -0.05) is 54.0 Å². The number of aliphatic carboxylic acids is 1. The lowest BCUT2D eigenvalue weighted by Crippen LogP contribution is -2.36. The quantitative estimate of drug-likeness (QED) is 0.0499. The Hall–Kier alpha value is -3.78. The fraction of sp³-hybridized carbons (Fsp3) is 0.364. The van der Waals surface area contributed by atoms with Gasteiger partial charge >= 0.3 is 19.1 Å². The molecule has 2 aliphatic rings. The number of nitrogens with zero attached hydrogens (tertiary/aromatic N) is 4. The van der Waals surface area contributed by atoms with Crippen LogP contribution >= 0.6 is 11.8 Å². The summed E-state index contributed by atoms with van der Waals surface area (Å²) >= 11 is 1.87. The second-order valence-electron chi connectivity index (χ2n) is 7.98. The van der Waals surface area contributed by atoms with Crippen LogP contribution in [0.25, 0.3) is 10.4 Å². The molecule has 2 amide bonds. The van der Waals surface area contributed by atoms with Gasteiger partial charge in [0.1, 0.15) is 5.69 Å². The zero-order chi connectivity index (χ0) is 27.2. The van der Waals surface area contributed by atoms with E-state index in [2.05, 4.69) is 20.7 Å². The first kappa shape index (κ1) is 29.5. The van der Waals surface area contributed by atoms with Gasteiger partial charge in [0.2, 0.25) is 0 Å². The van der Waals surface area contributed by atoms with Crippen LogP contribution in [0.15, 0.2) is 59.7 Å². The topological polar surface area (TPSA) is 211 Å². The van der Waals surface area contributed by atoms with Crippen LogP contribution in [0.5, 0.6) is 0 Å². The minimum Gasteiger partial charge on any atom is -0.481 e. The first-order chi connectivity index (χ1) is 17.7. The molecular formula is C22H27BN6O7S. The Bertz CT molecular complexity index is 1080. The zero-order valence-electron chi connectivity index (χ0n) is 19.7. The fourth-order valence-electron chi connectivity index (χ4n) is 3.64. The third-order valence-corrected chi connectivity index (χ3v) is 6.90. The molecule has 0 unspecified atom stereocenters. The molecule has 2 heterocycles. The Morgan fingerprint density at radius 2 is 1.84 bits per heavy atom. The molecule has 0 aromatic heterocycles. The van der Waals surface area contributed by atoms with E-state index in [1.807, 2.05) is 17.8 Å². The van der Waals surface area contributed by atoms with Crippen LogP contribution in [0.3, 0.4) is 0 Å². The van der Waals surface area contributed by atoms with E-state index < -0.39 is 18.0 Å². The molecule has 0 radical (unpaired) electrons. The van der Waals surface area contributed by atoms with Gasteiger partial charge in [0.05, 0.1) is 17.0 Å². The number of hydrogen-bond acceptors (Lipinski definition) is 8. The van der Waals surface area contributed by atoms with Gasteiger partial charge in [0.15, 0.2) is 0 Å². The summed E-state index contributed by atoms with van der Waals surface area (Å²) < 4.78 is 0. The summed E-state index contributed by atoms with van der Waals surface area (Å²) in [6.45, 7) is 0. The average molecular weight is 530 g/mol. The lowest BCUT2D eigenvalue weighted by atomic mass is 9.81. The van der Waals surface area contributed by atoms with Gasteiger partial charge in [-0.2, -0.15) is 11.8 Å². The Labute approximate surface area is 217 Å². The highest BCUT2D eigenvalue weighted by atomic mass is 32.2. The summed E-state index contributed by atoms with van der Waals surface area (Å²) in [6.07, 6.45) is 2.88. The molecule has 0 saturated carbocycles. The molecule has 2 saturated heterocycles. The van der Waals surface area contributed by atoms with Crippen LogP contribution in [0.1, 0.15) is 25.7 Å². The molecule has 0 spiro atoms. The van der Waals surface area contributed by atoms with Gasteiger partial charge in [-0.25, -0.2) is 4.79 Å². The summed E-state index contributed by atoms with van der Waals surface area (Å²) in [5.41, 5.74) is 8.43. The third kappa shape index (κ3) is 10.0. The first-order valence-electron chi connectivity index (χ1n) is 11.3. The van der Waals surface area contributed by atoms with E-state index >= 15 is 0 Å². The van der Waals surface area contributed by atoms with Crippen LogP contribution in [-0.2, 0) is 4.79 Å². The van der Waals surface area contributed by atoms with Crippen LogP contribution in [0.4, 0.5) is 16.2 Å². The summed E-state index contributed by atoms with van der Waals surface area (Å²) in [5.74, 6) is 0.236. The number of thioether (sulfide) groups is 1. The highest BCUT2D eigenvalue weighted by Gasteiger charge is 2.42. The van der Waals surface area contributed by atoms with Crippen LogP contribution in [0.2, 0.25) is 0 Å². The maximum absolute atomic E-state index is 11.1. The zero-order valence-corrected chi connectivity index (χ0v) is 20.5. The van der Waals surface area contributed by atoms with Gasteiger partial charge in [0, 0.05) is 28.4 Å². The number of rotatable bonds is 8.